The third kappa shape index (κ3) is 4.57. The Morgan fingerprint density at radius 1 is 1.08 bits per heavy atom. The predicted molar refractivity (Wildman–Crippen MR) is 105 cm³/mol. The average Bonchev–Trinajstić information content (AvgIpc) is 3.04. The van der Waals surface area contributed by atoms with E-state index in [9.17, 15) is 9.59 Å². The maximum Gasteiger partial charge on any atom is 0.225 e. The maximum atomic E-state index is 12.9. The fourth-order valence-electron chi connectivity index (χ4n) is 4.07. The van der Waals surface area contributed by atoms with Crippen molar-refractivity contribution in [3.63, 3.8) is 0 Å². The van der Waals surface area contributed by atoms with Gasteiger partial charge in [-0.05, 0) is 24.8 Å². The SMILES string of the molecule is CCCC(=O)N1CCC(C(=O)N2C[C@@H](N)[C@H](c3ccccc3)C2)CC1.Cl. The minimum Gasteiger partial charge on any atom is -0.343 e. The summed E-state index contributed by atoms with van der Waals surface area (Å²) < 4.78 is 0. The minimum atomic E-state index is -0.00225. The van der Waals surface area contributed by atoms with Crippen molar-refractivity contribution < 1.29 is 9.59 Å². The van der Waals surface area contributed by atoms with Gasteiger partial charge < -0.3 is 15.5 Å². The van der Waals surface area contributed by atoms with E-state index < -0.39 is 0 Å². The Kier molecular flexibility index (Phi) is 7.47. The van der Waals surface area contributed by atoms with E-state index >= 15 is 0 Å². The molecule has 2 aliphatic rings. The van der Waals surface area contributed by atoms with Crippen molar-refractivity contribution in [1.29, 1.82) is 0 Å². The second kappa shape index (κ2) is 9.38. The van der Waals surface area contributed by atoms with Crippen molar-refractivity contribution in [2.45, 2.75) is 44.6 Å². The molecule has 0 saturated carbocycles. The topological polar surface area (TPSA) is 66.6 Å². The molecule has 3 rings (SSSR count). The molecule has 0 spiro atoms. The predicted octanol–water partition coefficient (Wildman–Crippen LogP) is 2.40. The van der Waals surface area contributed by atoms with Crippen LogP contribution in [-0.2, 0) is 9.59 Å². The first-order valence-corrected chi connectivity index (χ1v) is 9.47. The molecule has 2 heterocycles. The third-order valence-corrected chi connectivity index (χ3v) is 5.57. The number of carbonyl (C=O) groups excluding carboxylic acids is 2. The molecule has 1 aromatic rings. The molecule has 144 valence electrons. The minimum absolute atomic E-state index is 0. The molecule has 2 aliphatic heterocycles. The van der Waals surface area contributed by atoms with Crippen LogP contribution in [0.25, 0.3) is 0 Å². The number of piperidine rings is 1. The summed E-state index contributed by atoms with van der Waals surface area (Å²) in [6.07, 6.45) is 3.04. The van der Waals surface area contributed by atoms with E-state index in [4.69, 9.17) is 5.73 Å². The van der Waals surface area contributed by atoms with Crippen LogP contribution < -0.4 is 5.73 Å². The number of hydrogen-bond acceptors (Lipinski definition) is 3. The summed E-state index contributed by atoms with van der Waals surface area (Å²) in [6, 6.07) is 10.2. The zero-order valence-corrected chi connectivity index (χ0v) is 16.3. The van der Waals surface area contributed by atoms with Crippen LogP contribution in [0.3, 0.4) is 0 Å². The molecular formula is C20H30ClN3O2. The van der Waals surface area contributed by atoms with Gasteiger partial charge >= 0.3 is 0 Å². The van der Waals surface area contributed by atoms with Gasteiger partial charge in [-0.2, -0.15) is 0 Å². The molecule has 2 N–H and O–H groups in total. The van der Waals surface area contributed by atoms with Crippen molar-refractivity contribution in [1.82, 2.24) is 9.80 Å². The highest BCUT2D eigenvalue weighted by Crippen LogP contribution is 2.29. The molecule has 2 atom stereocenters. The van der Waals surface area contributed by atoms with Crippen LogP contribution in [-0.4, -0.2) is 53.8 Å². The molecule has 1 aromatic carbocycles. The summed E-state index contributed by atoms with van der Waals surface area (Å²) >= 11 is 0. The lowest BCUT2D eigenvalue weighted by atomic mass is 9.94. The quantitative estimate of drug-likeness (QED) is 0.873. The number of amides is 2. The number of nitrogens with zero attached hydrogens (tertiary/aromatic N) is 2. The first-order valence-electron chi connectivity index (χ1n) is 9.47. The van der Waals surface area contributed by atoms with Gasteiger partial charge in [-0.1, -0.05) is 37.3 Å². The van der Waals surface area contributed by atoms with Crippen molar-refractivity contribution in [3.05, 3.63) is 35.9 Å². The zero-order valence-electron chi connectivity index (χ0n) is 15.5. The van der Waals surface area contributed by atoms with E-state index in [0.717, 1.165) is 19.3 Å². The normalized spacial score (nSPS) is 23.6. The Morgan fingerprint density at radius 3 is 2.35 bits per heavy atom. The molecule has 2 fully saturated rings. The van der Waals surface area contributed by atoms with Crippen LogP contribution >= 0.6 is 12.4 Å². The van der Waals surface area contributed by atoms with E-state index in [1.165, 1.54) is 5.56 Å². The highest BCUT2D eigenvalue weighted by molar-refractivity contribution is 5.85. The van der Waals surface area contributed by atoms with Gasteiger partial charge in [0.25, 0.3) is 0 Å². The molecular weight excluding hydrogens is 350 g/mol. The number of rotatable bonds is 4. The molecule has 2 amide bonds. The van der Waals surface area contributed by atoms with Crippen molar-refractivity contribution in [2.24, 2.45) is 11.7 Å². The standard InChI is InChI=1S/C20H29N3O2.ClH/c1-2-6-19(24)22-11-9-16(10-12-22)20(25)23-13-17(18(21)14-23)15-7-4-3-5-8-15;/h3-5,7-8,16-18H,2,6,9-14,21H2,1H3;1H/t17-,18+;/m0./s1. The van der Waals surface area contributed by atoms with Crippen molar-refractivity contribution >= 4 is 24.2 Å². The Hall–Kier alpha value is -1.59. The molecule has 6 heteroatoms. The molecule has 26 heavy (non-hydrogen) atoms. The molecule has 0 bridgehead atoms. The molecule has 0 aliphatic carbocycles. The third-order valence-electron chi connectivity index (χ3n) is 5.57. The Morgan fingerprint density at radius 2 is 1.73 bits per heavy atom. The van der Waals surface area contributed by atoms with Crippen LogP contribution in [0.4, 0.5) is 0 Å². The van der Waals surface area contributed by atoms with Gasteiger partial charge in [0.05, 0.1) is 0 Å². The Labute approximate surface area is 162 Å². The summed E-state index contributed by atoms with van der Waals surface area (Å²) in [5.74, 6) is 0.695. The first kappa shape index (κ1) is 20.7. The number of likely N-dealkylation sites (tertiary alicyclic amines) is 2. The van der Waals surface area contributed by atoms with Crippen LogP contribution in [0.1, 0.15) is 44.1 Å². The van der Waals surface area contributed by atoms with Crippen molar-refractivity contribution in [3.8, 4) is 0 Å². The van der Waals surface area contributed by atoms with Gasteiger partial charge in [-0.25, -0.2) is 0 Å². The molecule has 5 nitrogen and oxygen atoms in total. The van der Waals surface area contributed by atoms with Crippen LogP contribution in [0.5, 0.6) is 0 Å². The molecule has 2 saturated heterocycles. The summed E-state index contributed by atoms with van der Waals surface area (Å²) in [4.78, 5) is 28.7. The lowest BCUT2D eigenvalue weighted by Crippen LogP contribution is -2.44. The summed E-state index contributed by atoms with van der Waals surface area (Å²) in [7, 11) is 0. The van der Waals surface area contributed by atoms with Crippen LogP contribution in [0, 0.1) is 5.92 Å². The van der Waals surface area contributed by atoms with Gasteiger partial charge in [0.15, 0.2) is 0 Å². The number of benzene rings is 1. The Balaban J connectivity index is 0.00000243. The number of hydrogen-bond donors (Lipinski definition) is 1. The fourth-order valence-corrected chi connectivity index (χ4v) is 4.07. The van der Waals surface area contributed by atoms with E-state index in [0.29, 0.717) is 32.6 Å². The van der Waals surface area contributed by atoms with Crippen LogP contribution in [0.15, 0.2) is 30.3 Å². The molecule has 0 aromatic heterocycles. The zero-order chi connectivity index (χ0) is 17.8. The smallest absolute Gasteiger partial charge is 0.225 e. The van der Waals surface area contributed by atoms with Crippen molar-refractivity contribution in [2.75, 3.05) is 26.2 Å². The van der Waals surface area contributed by atoms with E-state index in [-0.39, 0.29) is 42.1 Å². The summed E-state index contributed by atoms with van der Waals surface area (Å²) in [6.45, 7) is 4.77. The van der Waals surface area contributed by atoms with Gasteiger partial charge in [-0.3, -0.25) is 9.59 Å². The fraction of sp³-hybridized carbons (Fsp3) is 0.600. The summed E-state index contributed by atoms with van der Waals surface area (Å²) in [5.41, 5.74) is 7.53. The molecule has 0 radical (unpaired) electrons. The maximum absolute atomic E-state index is 12.9. The monoisotopic (exact) mass is 379 g/mol. The summed E-state index contributed by atoms with van der Waals surface area (Å²) in [5, 5.41) is 0. The average molecular weight is 380 g/mol. The molecule has 0 unspecified atom stereocenters. The van der Waals surface area contributed by atoms with Gasteiger partial charge in [0.2, 0.25) is 11.8 Å². The van der Waals surface area contributed by atoms with Gasteiger partial charge in [0.1, 0.15) is 0 Å². The van der Waals surface area contributed by atoms with Gasteiger partial charge in [-0.15, -0.1) is 12.4 Å². The Bertz CT molecular complexity index is 602. The lowest BCUT2D eigenvalue weighted by Gasteiger charge is -2.33. The first-order chi connectivity index (χ1) is 12.1. The van der Waals surface area contributed by atoms with Crippen LogP contribution in [0.2, 0.25) is 0 Å². The van der Waals surface area contributed by atoms with E-state index in [1.807, 2.05) is 34.9 Å². The number of halogens is 1. The highest BCUT2D eigenvalue weighted by atomic mass is 35.5. The van der Waals surface area contributed by atoms with Gasteiger partial charge in [0, 0.05) is 50.5 Å². The second-order valence-electron chi connectivity index (χ2n) is 7.33. The second-order valence-corrected chi connectivity index (χ2v) is 7.33. The van der Waals surface area contributed by atoms with E-state index in [2.05, 4.69) is 12.1 Å². The van der Waals surface area contributed by atoms with E-state index in [1.54, 1.807) is 0 Å². The highest BCUT2D eigenvalue weighted by Gasteiger charge is 2.37. The number of carbonyl (C=O) groups is 2. The number of nitrogens with two attached hydrogens (primary N) is 1. The largest absolute Gasteiger partial charge is 0.343 e. The lowest BCUT2D eigenvalue weighted by molar-refractivity contribution is -0.140.